The number of hydrogen-bond acceptors (Lipinski definition) is 11. The number of aliphatic hydroxyl groups is 1. The van der Waals surface area contributed by atoms with Crippen molar-refractivity contribution in [2.24, 2.45) is 17.4 Å². The maximum atomic E-state index is 14.0. The number of primary amides is 1. The van der Waals surface area contributed by atoms with Crippen molar-refractivity contribution < 1.29 is 43.5 Å². The van der Waals surface area contributed by atoms with E-state index in [1.165, 1.54) is 7.05 Å². The number of β-amino-alcohol motifs (C(OH)–C–C–N with tert-alkyl or cyclic N) is 1. The molecule has 1 saturated heterocycles. The number of carbonyl (C=O) groups excluding carboxylic acids is 8. The van der Waals surface area contributed by atoms with Crippen LogP contribution in [0.2, 0.25) is 0 Å². The van der Waals surface area contributed by atoms with Crippen molar-refractivity contribution in [2.45, 2.75) is 80.9 Å². The predicted octanol–water partition coefficient (Wildman–Crippen LogP) is -3.54. The van der Waals surface area contributed by atoms with Crippen LogP contribution < -0.4 is 43.4 Å². The van der Waals surface area contributed by atoms with Crippen molar-refractivity contribution in [2.75, 3.05) is 32.4 Å². The number of nitrogens with zero attached hydrogens (tertiary/aromatic N) is 1. The molecule has 2 aliphatic heterocycles. The number of H-pyrrole nitrogens is 1. The minimum atomic E-state index is -1.57. The van der Waals surface area contributed by atoms with E-state index in [2.05, 4.69) is 36.9 Å². The Morgan fingerprint density at radius 2 is 1.69 bits per heavy atom. The molecular formula is C34H48N10O9S. The molecular weight excluding hydrogens is 725 g/mol. The first-order valence-electron chi connectivity index (χ1n) is 17.5. The third kappa shape index (κ3) is 10.5. The van der Waals surface area contributed by atoms with E-state index in [1.807, 2.05) is 13.0 Å². The molecule has 0 spiro atoms. The average Bonchev–Trinajstić information content (AvgIpc) is 3.71. The molecule has 1 fully saturated rings. The molecule has 20 heteroatoms. The summed E-state index contributed by atoms with van der Waals surface area (Å²) in [5.74, 6) is -6.49. The van der Waals surface area contributed by atoms with Gasteiger partial charge in [0.25, 0.3) is 0 Å². The number of aromatic amines is 1. The summed E-state index contributed by atoms with van der Waals surface area (Å²) in [7, 11) is 1.36. The minimum Gasteiger partial charge on any atom is -0.391 e. The normalized spacial score (nSPS) is 24.4. The molecule has 7 atom stereocenters. The van der Waals surface area contributed by atoms with Crippen molar-refractivity contribution in [1.29, 1.82) is 0 Å². The van der Waals surface area contributed by atoms with Crippen molar-refractivity contribution in [3.63, 3.8) is 0 Å². The van der Waals surface area contributed by atoms with Crippen LogP contribution in [0.4, 0.5) is 0 Å². The van der Waals surface area contributed by atoms with Gasteiger partial charge in [0.05, 0.1) is 36.7 Å². The highest BCUT2D eigenvalue weighted by molar-refractivity contribution is 7.99. The first-order chi connectivity index (χ1) is 25.6. The van der Waals surface area contributed by atoms with Crippen molar-refractivity contribution in [3.05, 3.63) is 29.8 Å². The quantitative estimate of drug-likeness (QED) is 0.125. The predicted molar refractivity (Wildman–Crippen MR) is 196 cm³/mol. The van der Waals surface area contributed by atoms with E-state index in [0.29, 0.717) is 22.5 Å². The zero-order valence-corrected chi connectivity index (χ0v) is 31.0. The molecule has 1 unspecified atom stereocenters. The van der Waals surface area contributed by atoms with Crippen LogP contribution in [-0.4, -0.2) is 131 Å². The molecule has 294 valence electrons. The molecule has 1 aromatic heterocycles. The number of fused-ring (bicyclic) bond motifs is 3. The fraction of sp³-hybridized carbons (Fsp3) is 0.529. The third-order valence-electron chi connectivity index (χ3n) is 9.37. The van der Waals surface area contributed by atoms with E-state index in [-0.39, 0.29) is 31.1 Å². The number of aliphatic hydroxyl groups excluding tert-OH is 1. The molecule has 54 heavy (non-hydrogen) atoms. The van der Waals surface area contributed by atoms with Gasteiger partial charge in [0.2, 0.25) is 47.3 Å². The van der Waals surface area contributed by atoms with Crippen molar-refractivity contribution in [1.82, 2.24) is 41.8 Å². The standard InChI is InChI=1S/C34H48N10O9S/c1-4-16(2)28-32(52)39-12-26(47)40-23(30(50)41-22(11-25(36)46)34(53)44-14-17(45)9-24(44)31(51)37-3)15-54-33-19(18-7-5-6-8-21(18)42-33)10-20(35)29(49)38-13-27(48)43-28/h5-8,16-17,20,22-24,28,42,45H,4,9-15,35H2,1-3H3,(H2,36,46)(H,37,51)(H,38,49)(H,39,52)(H,40,47)(H,41,50)(H,43,48)/t16-,17+,20?,22-,23-,24-,28-/m0/s1. The largest absolute Gasteiger partial charge is 0.391 e. The molecule has 0 aliphatic carbocycles. The number of likely N-dealkylation sites (tertiary alicyclic amines) is 1. The Morgan fingerprint density at radius 1 is 1.02 bits per heavy atom. The Bertz CT molecular complexity index is 1770. The summed E-state index contributed by atoms with van der Waals surface area (Å²) in [5, 5.41) is 26.6. The van der Waals surface area contributed by atoms with E-state index in [4.69, 9.17) is 11.5 Å². The Morgan fingerprint density at radius 3 is 2.35 bits per heavy atom. The van der Waals surface area contributed by atoms with E-state index >= 15 is 0 Å². The Balaban J connectivity index is 1.67. The highest BCUT2D eigenvalue weighted by atomic mass is 32.2. The zero-order chi connectivity index (χ0) is 39.7. The fourth-order valence-electron chi connectivity index (χ4n) is 6.26. The highest BCUT2D eigenvalue weighted by Crippen LogP contribution is 2.31. The van der Waals surface area contributed by atoms with Crippen LogP contribution in [0.15, 0.2) is 29.3 Å². The van der Waals surface area contributed by atoms with Crippen molar-refractivity contribution in [3.8, 4) is 0 Å². The lowest BCUT2D eigenvalue weighted by Crippen LogP contribution is -2.58. The second-order valence-corrected chi connectivity index (χ2v) is 14.4. The number of aromatic nitrogens is 1. The first-order valence-corrected chi connectivity index (χ1v) is 18.5. The van der Waals surface area contributed by atoms with E-state index in [0.717, 1.165) is 22.0 Å². The van der Waals surface area contributed by atoms with Gasteiger partial charge in [-0.15, -0.1) is 11.8 Å². The molecule has 0 saturated carbocycles. The van der Waals surface area contributed by atoms with Gasteiger partial charge in [-0.1, -0.05) is 38.5 Å². The highest BCUT2D eigenvalue weighted by Gasteiger charge is 2.42. The van der Waals surface area contributed by atoms with Gasteiger partial charge < -0.3 is 58.4 Å². The van der Waals surface area contributed by atoms with Gasteiger partial charge in [0.15, 0.2) is 0 Å². The molecule has 0 radical (unpaired) electrons. The number of thioether (sulfide) groups is 1. The average molecular weight is 773 g/mol. The van der Waals surface area contributed by atoms with Gasteiger partial charge in [-0.3, -0.25) is 38.4 Å². The zero-order valence-electron chi connectivity index (χ0n) is 30.2. The minimum absolute atomic E-state index is 0.0182. The van der Waals surface area contributed by atoms with Gasteiger partial charge in [-0.2, -0.15) is 0 Å². The van der Waals surface area contributed by atoms with Crippen LogP contribution in [0, 0.1) is 5.92 Å². The number of rotatable bonds is 8. The smallest absolute Gasteiger partial charge is 0.246 e. The summed E-state index contributed by atoms with van der Waals surface area (Å²) in [6.07, 6.45) is -1.25. The van der Waals surface area contributed by atoms with Gasteiger partial charge in [-0.25, -0.2) is 0 Å². The van der Waals surface area contributed by atoms with E-state index in [1.54, 1.807) is 25.1 Å². The Kier molecular flexibility index (Phi) is 14.4. The van der Waals surface area contributed by atoms with Gasteiger partial charge in [0.1, 0.15) is 24.2 Å². The van der Waals surface area contributed by atoms with Crippen LogP contribution in [0.1, 0.15) is 38.7 Å². The van der Waals surface area contributed by atoms with Crippen LogP contribution >= 0.6 is 11.8 Å². The molecule has 12 N–H and O–H groups in total. The van der Waals surface area contributed by atoms with E-state index < -0.39 is 103 Å². The molecule has 19 nitrogen and oxygen atoms in total. The first kappa shape index (κ1) is 41.5. The number of amides is 8. The summed E-state index contributed by atoms with van der Waals surface area (Å²) < 4.78 is 0. The molecule has 3 heterocycles. The summed E-state index contributed by atoms with van der Waals surface area (Å²) in [6.45, 7) is 2.26. The molecule has 1 aromatic carbocycles. The SMILES string of the molecule is CC[C@H](C)[C@@H]1NC(=O)CNC(=O)C(N)Cc2c([nH]c3ccccc23)SC[C@@H](C(=O)N[C@@H](CC(N)=O)C(=O)N2C[C@H](O)C[C@H]2C(=O)NC)NC(=O)CNC1=O. The summed E-state index contributed by atoms with van der Waals surface area (Å²) >= 11 is 1.11. The lowest BCUT2D eigenvalue weighted by molar-refractivity contribution is -0.142. The number of nitrogens with two attached hydrogens (primary N) is 2. The topological polar surface area (TPSA) is 300 Å². The van der Waals surface area contributed by atoms with Crippen LogP contribution in [-0.2, 0) is 44.8 Å². The van der Waals surface area contributed by atoms with Crippen LogP contribution in [0.3, 0.4) is 0 Å². The number of hydrogen-bond donors (Lipinski definition) is 10. The maximum Gasteiger partial charge on any atom is 0.246 e. The van der Waals surface area contributed by atoms with Gasteiger partial charge in [-0.05, 0) is 24.0 Å². The van der Waals surface area contributed by atoms with Crippen molar-refractivity contribution >= 4 is 69.9 Å². The lowest BCUT2D eigenvalue weighted by atomic mass is 9.98. The Labute approximate surface area is 315 Å². The van der Waals surface area contributed by atoms with E-state index in [9.17, 15) is 43.5 Å². The molecule has 0 bridgehead atoms. The fourth-order valence-corrected chi connectivity index (χ4v) is 7.37. The second-order valence-electron chi connectivity index (χ2n) is 13.3. The number of benzene rings is 1. The molecule has 8 amide bonds. The van der Waals surface area contributed by atoms with Crippen LogP contribution in [0.25, 0.3) is 10.9 Å². The summed E-state index contributed by atoms with van der Waals surface area (Å²) in [6, 6.07) is 1.02. The number of para-hydroxylation sites is 1. The maximum absolute atomic E-state index is 14.0. The van der Waals surface area contributed by atoms with Gasteiger partial charge >= 0.3 is 0 Å². The lowest BCUT2D eigenvalue weighted by Gasteiger charge is -2.29. The van der Waals surface area contributed by atoms with Crippen LogP contribution in [0.5, 0.6) is 0 Å². The molecule has 4 rings (SSSR count). The summed E-state index contributed by atoms with van der Waals surface area (Å²) in [5.41, 5.74) is 13.1. The third-order valence-corrected chi connectivity index (χ3v) is 10.5. The summed E-state index contributed by atoms with van der Waals surface area (Å²) in [4.78, 5) is 109. The number of carbonyl (C=O) groups is 8. The monoisotopic (exact) mass is 772 g/mol. The molecule has 2 aliphatic rings. The Hall–Kier alpha value is -5.21. The molecule has 2 aromatic rings. The second kappa shape index (κ2) is 18.7. The number of nitrogens with one attached hydrogen (secondary N) is 7. The number of likely N-dealkylation sites (N-methyl/N-ethyl adjacent to an activating group) is 1. The van der Waals surface area contributed by atoms with Gasteiger partial charge in [0, 0.05) is 36.7 Å².